The molecule has 5 heteroatoms. The van der Waals surface area contributed by atoms with Crippen LogP contribution in [-0.2, 0) is 11.2 Å². The summed E-state index contributed by atoms with van der Waals surface area (Å²) in [5.41, 5.74) is 5.33. The minimum atomic E-state index is 0.102. The van der Waals surface area contributed by atoms with E-state index in [4.69, 9.17) is 5.73 Å². The standard InChI is InChI=1S/C10H16N2OS2/c11-4-7-14-8-10(13)12-5-3-9-2-1-6-15-9/h1-2,6H,3-5,7-8,11H2,(H,12,13). The molecule has 1 heterocycles. The smallest absolute Gasteiger partial charge is 0.230 e. The van der Waals surface area contributed by atoms with Crippen LogP contribution in [0.1, 0.15) is 4.88 Å². The highest BCUT2D eigenvalue weighted by Crippen LogP contribution is 2.08. The zero-order chi connectivity index (χ0) is 10.9. The first-order chi connectivity index (χ1) is 7.33. The topological polar surface area (TPSA) is 55.1 Å². The normalized spacial score (nSPS) is 10.2. The summed E-state index contributed by atoms with van der Waals surface area (Å²) >= 11 is 3.30. The zero-order valence-corrected chi connectivity index (χ0v) is 10.2. The van der Waals surface area contributed by atoms with Crippen LogP contribution in [0.2, 0.25) is 0 Å². The van der Waals surface area contributed by atoms with Gasteiger partial charge in [-0.05, 0) is 17.9 Å². The summed E-state index contributed by atoms with van der Waals surface area (Å²) < 4.78 is 0. The Morgan fingerprint density at radius 3 is 3.13 bits per heavy atom. The number of nitrogens with one attached hydrogen (secondary N) is 1. The van der Waals surface area contributed by atoms with Crippen molar-refractivity contribution < 1.29 is 4.79 Å². The summed E-state index contributed by atoms with van der Waals surface area (Å²) in [4.78, 5) is 12.6. The van der Waals surface area contributed by atoms with Crippen molar-refractivity contribution in [2.24, 2.45) is 5.73 Å². The number of thiophene rings is 1. The molecule has 3 N–H and O–H groups in total. The molecule has 1 aromatic heterocycles. The minimum absolute atomic E-state index is 0.102. The van der Waals surface area contributed by atoms with Crippen LogP contribution >= 0.6 is 23.1 Å². The molecular formula is C10H16N2OS2. The maximum Gasteiger partial charge on any atom is 0.230 e. The number of hydrogen-bond acceptors (Lipinski definition) is 4. The predicted molar refractivity (Wildman–Crippen MR) is 67.4 cm³/mol. The molecule has 0 spiro atoms. The molecule has 15 heavy (non-hydrogen) atoms. The van der Waals surface area contributed by atoms with Gasteiger partial charge in [0.1, 0.15) is 0 Å². The van der Waals surface area contributed by atoms with Gasteiger partial charge in [0, 0.05) is 23.7 Å². The number of rotatable bonds is 7. The van der Waals surface area contributed by atoms with Crippen molar-refractivity contribution in [2.45, 2.75) is 6.42 Å². The minimum Gasteiger partial charge on any atom is -0.355 e. The van der Waals surface area contributed by atoms with Crippen LogP contribution in [-0.4, -0.2) is 30.5 Å². The zero-order valence-electron chi connectivity index (χ0n) is 8.57. The first-order valence-corrected chi connectivity index (χ1v) is 6.93. The van der Waals surface area contributed by atoms with Crippen LogP contribution in [0.4, 0.5) is 0 Å². The lowest BCUT2D eigenvalue weighted by atomic mass is 10.3. The molecule has 3 nitrogen and oxygen atoms in total. The predicted octanol–water partition coefficient (Wildman–Crippen LogP) is 1.10. The number of hydrogen-bond donors (Lipinski definition) is 2. The summed E-state index contributed by atoms with van der Waals surface area (Å²) in [6.45, 7) is 1.36. The Morgan fingerprint density at radius 2 is 2.47 bits per heavy atom. The maximum atomic E-state index is 11.3. The van der Waals surface area contributed by atoms with Gasteiger partial charge in [0.2, 0.25) is 5.91 Å². The van der Waals surface area contributed by atoms with Gasteiger partial charge >= 0.3 is 0 Å². The second-order valence-electron chi connectivity index (χ2n) is 3.02. The van der Waals surface area contributed by atoms with Gasteiger partial charge in [0.15, 0.2) is 0 Å². The van der Waals surface area contributed by atoms with Crippen LogP contribution in [0.15, 0.2) is 17.5 Å². The highest BCUT2D eigenvalue weighted by atomic mass is 32.2. The van der Waals surface area contributed by atoms with Crippen molar-refractivity contribution in [1.82, 2.24) is 5.32 Å². The quantitative estimate of drug-likeness (QED) is 0.706. The fourth-order valence-corrected chi connectivity index (χ4v) is 2.39. The molecule has 1 aromatic rings. The Hall–Kier alpha value is -0.520. The summed E-state index contributed by atoms with van der Waals surface area (Å²) in [6.07, 6.45) is 0.922. The van der Waals surface area contributed by atoms with Gasteiger partial charge in [0.05, 0.1) is 5.75 Å². The highest BCUT2D eigenvalue weighted by Gasteiger charge is 2.00. The lowest BCUT2D eigenvalue weighted by Crippen LogP contribution is -2.27. The molecule has 0 fully saturated rings. The van der Waals surface area contributed by atoms with E-state index in [2.05, 4.69) is 11.4 Å². The Bertz CT molecular complexity index is 275. The fourth-order valence-electron chi connectivity index (χ4n) is 1.08. The summed E-state index contributed by atoms with van der Waals surface area (Å²) in [5, 5.41) is 4.94. The summed E-state index contributed by atoms with van der Waals surface area (Å²) in [5.74, 6) is 1.46. The van der Waals surface area contributed by atoms with Crippen molar-refractivity contribution in [3.8, 4) is 0 Å². The summed E-state index contributed by atoms with van der Waals surface area (Å²) in [6, 6.07) is 4.11. The third-order valence-electron chi connectivity index (χ3n) is 1.77. The van der Waals surface area contributed by atoms with E-state index in [0.29, 0.717) is 12.3 Å². The van der Waals surface area contributed by atoms with Crippen LogP contribution in [0.3, 0.4) is 0 Å². The van der Waals surface area contributed by atoms with Crippen LogP contribution < -0.4 is 11.1 Å². The van der Waals surface area contributed by atoms with E-state index in [1.165, 1.54) is 4.88 Å². The average molecular weight is 244 g/mol. The van der Waals surface area contributed by atoms with Gasteiger partial charge in [-0.2, -0.15) is 11.8 Å². The van der Waals surface area contributed by atoms with E-state index in [9.17, 15) is 4.79 Å². The molecule has 0 saturated heterocycles. The molecule has 0 aliphatic carbocycles. The van der Waals surface area contributed by atoms with Crippen molar-refractivity contribution in [1.29, 1.82) is 0 Å². The molecule has 0 bridgehead atoms. The third-order valence-corrected chi connectivity index (χ3v) is 3.70. The first-order valence-electron chi connectivity index (χ1n) is 4.90. The van der Waals surface area contributed by atoms with E-state index in [1.807, 2.05) is 11.4 Å². The van der Waals surface area contributed by atoms with Gasteiger partial charge < -0.3 is 11.1 Å². The lowest BCUT2D eigenvalue weighted by Gasteiger charge is -2.03. The summed E-state index contributed by atoms with van der Waals surface area (Å²) in [7, 11) is 0. The highest BCUT2D eigenvalue weighted by molar-refractivity contribution is 7.99. The fraction of sp³-hybridized carbons (Fsp3) is 0.500. The molecule has 0 atom stereocenters. The van der Waals surface area contributed by atoms with Crippen molar-refractivity contribution >= 4 is 29.0 Å². The lowest BCUT2D eigenvalue weighted by molar-refractivity contribution is -0.118. The second kappa shape index (κ2) is 7.73. The molecule has 0 aliphatic rings. The first kappa shape index (κ1) is 12.5. The monoisotopic (exact) mass is 244 g/mol. The van der Waals surface area contributed by atoms with Gasteiger partial charge in [-0.15, -0.1) is 11.3 Å². The Morgan fingerprint density at radius 1 is 1.60 bits per heavy atom. The van der Waals surface area contributed by atoms with E-state index >= 15 is 0 Å². The van der Waals surface area contributed by atoms with Crippen LogP contribution in [0, 0.1) is 0 Å². The van der Waals surface area contributed by atoms with Gasteiger partial charge in [-0.3, -0.25) is 4.79 Å². The van der Waals surface area contributed by atoms with Crippen molar-refractivity contribution in [3.63, 3.8) is 0 Å². The number of nitrogens with two attached hydrogens (primary N) is 1. The molecule has 0 aromatic carbocycles. The van der Waals surface area contributed by atoms with E-state index in [-0.39, 0.29) is 5.91 Å². The Labute approximate surface area is 98.4 Å². The molecule has 1 rings (SSSR count). The molecular weight excluding hydrogens is 228 g/mol. The molecule has 0 unspecified atom stereocenters. The second-order valence-corrected chi connectivity index (χ2v) is 5.16. The number of thioether (sulfide) groups is 1. The van der Waals surface area contributed by atoms with Gasteiger partial charge in [-0.25, -0.2) is 0 Å². The molecule has 0 aliphatic heterocycles. The SMILES string of the molecule is NCCSCC(=O)NCCc1cccs1. The Kier molecular flexibility index (Phi) is 6.47. The van der Waals surface area contributed by atoms with Crippen molar-refractivity contribution in [2.75, 3.05) is 24.6 Å². The van der Waals surface area contributed by atoms with Crippen LogP contribution in [0.25, 0.3) is 0 Å². The third kappa shape index (κ3) is 5.81. The molecule has 0 saturated carbocycles. The molecule has 1 amide bonds. The Balaban J connectivity index is 2.02. The largest absolute Gasteiger partial charge is 0.355 e. The van der Waals surface area contributed by atoms with Crippen molar-refractivity contribution in [3.05, 3.63) is 22.4 Å². The number of carbonyl (C=O) groups excluding carboxylic acids is 1. The van der Waals surface area contributed by atoms with Gasteiger partial charge in [-0.1, -0.05) is 6.07 Å². The molecule has 84 valence electrons. The van der Waals surface area contributed by atoms with Crippen LogP contribution in [0.5, 0.6) is 0 Å². The number of amides is 1. The number of carbonyl (C=O) groups is 1. The average Bonchev–Trinajstić information content (AvgIpc) is 2.71. The van der Waals surface area contributed by atoms with E-state index < -0.39 is 0 Å². The molecule has 0 radical (unpaired) electrons. The van der Waals surface area contributed by atoms with E-state index in [1.54, 1.807) is 23.1 Å². The van der Waals surface area contributed by atoms with E-state index in [0.717, 1.165) is 18.7 Å². The van der Waals surface area contributed by atoms with Gasteiger partial charge in [0.25, 0.3) is 0 Å². The maximum absolute atomic E-state index is 11.3.